The van der Waals surface area contributed by atoms with Crippen molar-refractivity contribution < 1.29 is 13.5 Å². The lowest BCUT2D eigenvalue weighted by Crippen LogP contribution is -2.17. The van der Waals surface area contributed by atoms with Crippen LogP contribution in [0.4, 0.5) is 8.78 Å². The summed E-state index contributed by atoms with van der Waals surface area (Å²) in [4.78, 5) is 0. The molecule has 1 aromatic rings. The van der Waals surface area contributed by atoms with Gasteiger partial charge in [-0.2, -0.15) is 8.78 Å². The minimum Gasteiger partial charge on any atom is -0.435 e. The molecule has 84 valence electrons. The van der Waals surface area contributed by atoms with Crippen molar-refractivity contribution in [2.45, 2.75) is 32.9 Å². The maximum Gasteiger partial charge on any atom is 0.387 e. The molecule has 0 aliphatic heterocycles. The maximum absolute atomic E-state index is 12.0. The van der Waals surface area contributed by atoms with E-state index in [2.05, 4.69) is 4.74 Å². The number of hydrogen-bond donors (Lipinski definition) is 1. The second-order valence-electron chi connectivity index (χ2n) is 3.66. The lowest BCUT2D eigenvalue weighted by Gasteiger charge is -2.11. The standard InChI is InChI=1S/C11H15F2NO/c1-7-3-4-9(5-8(2)14)6-10(7)15-11(12)13/h3-4,6,8,11H,5,14H2,1-2H3/t8-/m1/s1. The third-order valence-electron chi connectivity index (χ3n) is 2.03. The van der Waals surface area contributed by atoms with Crippen molar-refractivity contribution in [1.29, 1.82) is 0 Å². The Labute approximate surface area is 88.0 Å². The summed E-state index contributed by atoms with van der Waals surface area (Å²) in [5.41, 5.74) is 7.23. The average molecular weight is 215 g/mol. The fraction of sp³-hybridized carbons (Fsp3) is 0.455. The van der Waals surface area contributed by atoms with Crippen LogP contribution in [0.25, 0.3) is 0 Å². The van der Waals surface area contributed by atoms with E-state index >= 15 is 0 Å². The van der Waals surface area contributed by atoms with Gasteiger partial charge >= 0.3 is 6.61 Å². The Morgan fingerprint density at radius 3 is 2.60 bits per heavy atom. The number of aryl methyl sites for hydroxylation is 1. The average Bonchev–Trinajstić information content (AvgIpc) is 2.09. The first kappa shape index (κ1) is 11.9. The van der Waals surface area contributed by atoms with Crippen molar-refractivity contribution in [3.8, 4) is 5.75 Å². The lowest BCUT2D eigenvalue weighted by atomic mass is 10.1. The van der Waals surface area contributed by atoms with Crippen molar-refractivity contribution in [1.82, 2.24) is 0 Å². The second kappa shape index (κ2) is 5.07. The van der Waals surface area contributed by atoms with Crippen LogP contribution >= 0.6 is 0 Å². The summed E-state index contributed by atoms with van der Waals surface area (Å²) in [6, 6.07) is 5.25. The van der Waals surface area contributed by atoms with Crippen LogP contribution in [0.2, 0.25) is 0 Å². The molecule has 2 N–H and O–H groups in total. The minimum absolute atomic E-state index is 0.00658. The molecule has 0 heterocycles. The highest BCUT2D eigenvalue weighted by molar-refractivity contribution is 5.36. The molecule has 2 nitrogen and oxygen atoms in total. The third-order valence-corrected chi connectivity index (χ3v) is 2.03. The Morgan fingerprint density at radius 1 is 1.40 bits per heavy atom. The van der Waals surface area contributed by atoms with Crippen LogP contribution in [0.5, 0.6) is 5.75 Å². The SMILES string of the molecule is Cc1ccc(C[C@@H](C)N)cc1OC(F)F. The highest BCUT2D eigenvalue weighted by Gasteiger charge is 2.08. The number of alkyl halides is 2. The van der Waals surface area contributed by atoms with Crippen LogP contribution < -0.4 is 10.5 Å². The summed E-state index contributed by atoms with van der Waals surface area (Å²) in [7, 11) is 0. The molecular weight excluding hydrogens is 200 g/mol. The topological polar surface area (TPSA) is 35.2 Å². The fourth-order valence-electron chi connectivity index (χ4n) is 1.37. The summed E-state index contributed by atoms with van der Waals surface area (Å²) in [5, 5.41) is 0. The number of ether oxygens (including phenoxy) is 1. The van der Waals surface area contributed by atoms with Crippen LogP contribution in [0.1, 0.15) is 18.1 Å². The molecule has 0 aliphatic rings. The summed E-state index contributed by atoms with van der Waals surface area (Å²) in [6.07, 6.45) is 0.653. The molecule has 1 rings (SSSR count). The van der Waals surface area contributed by atoms with Gasteiger partial charge in [-0.25, -0.2) is 0 Å². The van der Waals surface area contributed by atoms with E-state index < -0.39 is 6.61 Å². The van der Waals surface area contributed by atoms with Gasteiger partial charge in [0.25, 0.3) is 0 Å². The lowest BCUT2D eigenvalue weighted by molar-refractivity contribution is -0.0503. The molecule has 0 fully saturated rings. The number of halogens is 2. The molecule has 15 heavy (non-hydrogen) atoms. The van der Waals surface area contributed by atoms with Crippen molar-refractivity contribution in [3.63, 3.8) is 0 Å². The molecule has 0 spiro atoms. The van der Waals surface area contributed by atoms with E-state index in [4.69, 9.17) is 5.73 Å². The van der Waals surface area contributed by atoms with Crippen molar-refractivity contribution in [2.24, 2.45) is 5.73 Å². The van der Waals surface area contributed by atoms with Gasteiger partial charge in [0.1, 0.15) is 5.75 Å². The van der Waals surface area contributed by atoms with Gasteiger partial charge in [0.2, 0.25) is 0 Å². The van der Waals surface area contributed by atoms with Gasteiger partial charge in [0.15, 0.2) is 0 Å². The molecule has 0 radical (unpaired) electrons. The van der Waals surface area contributed by atoms with Gasteiger partial charge in [0, 0.05) is 6.04 Å². The molecule has 1 atom stereocenters. The smallest absolute Gasteiger partial charge is 0.387 e. The van der Waals surface area contributed by atoms with Crippen LogP contribution in [0.15, 0.2) is 18.2 Å². The van der Waals surface area contributed by atoms with E-state index in [9.17, 15) is 8.78 Å². The fourth-order valence-corrected chi connectivity index (χ4v) is 1.37. The summed E-state index contributed by atoms with van der Waals surface area (Å²) in [5.74, 6) is 0.225. The Morgan fingerprint density at radius 2 is 2.07 bits per heavy atom. The second-order valence-corrected chi connectivity index (χ2v) is 3.66. The Kier molecular flexibility index (Phi) is 4.03. The minimum atomic E-state index is -2.78. The van der Waals surface area contributed by atoms with Gasteiger partial charge in [-0.1, -0.05) is 12.1 Å². The number of benzene rings is 1. The first-order valence-electron chi connectivity index (χ1n) is 4.79. The van der Waals surface area contributed by atoms with Crippen molar-refractivity contribution in [3.05, 3.63) is 29.3 Å². The first-order chi connectivity index (χ1) is 6.99. The van der Waals surface area contributed by atoms with Gasteiger partial charge in [0.05, 0.1) is 0 Å². The molecule has 0 unspecified atom stereocenters. The number of nitrogens with two attached hydrogens (primary N) is 1. The van der Waals surface area contributed by atoms with E-state index in [0.29, 0.717) is 12.0 Å². The maximum atomic E-state index is 12.0. The zero-order valence-corrected chi connectivity index (χ0v) is 8.84. The zero-order chi connectivity index (χ0) is 11.4. The molecule has 0 amide bonds. The Balaban J connectivity index is 2.85. The van der Waals surface area contributed by atoms with Crippen LogP contribution in [-0.2, 0) is 6.42 Å². The Hall–Kier alpha value is -1.16. The van der Waals surface area contributed by atoms with E-state index in [1.165, 1.54) is 0 Å². The largest absolute Gasteiger partial charge is 0.435 e. The molecular formula is C11H15F2NO. The number of hydrogen-bond acceptors (Lipinski definition) is 2. The third kappa shape index (κ3) is 3.83. The van der Waals surface area contributed by atoms with Gasteiger partial charge in [-0.05, 0) is 37.5 Å². The number of rotatable bonds is 4. The summed E-state index contributed by atoms with van der Waals surface area (Å²) in [6.45, 7) is 0.815. The monoisotopic (exact) mass is 215 g/mol. The van der Waals surface area contributed by atoms with E-state index in [1.54, 1.807) is 19.1 Å². The van der Waals surface area contributed by atoms with Crippen LogP contribution in [-0.4, -0.2) is 12.7 Å². The van der Waals surface area contributed by atoms with Crippen LogP contribution in [0, 0.1) is 6.92 Å². The van der Waals surface area contributed by atoms with Crippen LogP contribution in [0.3, 0.4) is 0 Å². The summed E-state index contributed by atoms with van der Waals surface area (Å²) >= 11 is 0. The first-order valence-corrected chi connectivity index (χ1v) is 4.79. The molecule has 4 heteroatoms. The van der Waals surface area contributed by atoms with Crippen molar-refractivity contribution in [2.75, 3.05) is 0 Å². The Bertz CT molecular complexity index is 326. The predicted octanol–water partition coefficient (Wildman–Crippen LogP) is 2.49. The molecule has 0 aromatic heterocycles. The normalized spacial score (nSPS) is 12.9. The van der Waals surface area contributed by atoms with Gasteiger partial charge in [-0.15, -0.1) is 0 Å². The molecule has 0 saturated heterocycles. The van der Waals surface area contributed by atoms with E-state index in [-0.39, 0.29) is 11.8 Å². The quantitative estimate of drug-likeness (QED) is 0.837. The highest BCUT2D eigenvalue weighted by atomic mass is 19.3. The van der Waals surface area contributed by atoms with E-state index in [1.807, 2.05) is 13.0 Å². The predicted molar refractivity (Wildman–Crippen MR) is 55.2 cm³/mol. The van der Waals surface area contributed by atoms with Crippen molar-refractivity contribution >= 4 is 0 Å². The summed E-state index contributed by atoms with van der Waals surface area (Å²) < 4.78 is 28.5. The molecule has 0 bridgehead atoms. The molecule has 0 aliphatic carbocycles. The zero-order valence-electron chi connectivity index (χ0n) is 8.84. The van der Waals surface area contributed by atoms with Gasteiger partial charge in [-0.3, -0.25) is 0 Å². The highest BCUT2D eigenvalue weighted by Crippen LogP contribution is 2.22. The molecule has 1 aromatic carbocycles. The van der Waals surface area contributed by atoms with E-state index in [0.717, 1.165) is 5.56 Å². The molecule has 0 saturated carbocycles. The van der Waals surface area contributed by atoms with Gasteiger partial charge < -0.3 is 10.5 Å².